The Labute approximate surface area is 184 Å². The summed E-state index contributed by atoms with van der Waals surface area (Å²) in [6, 6.07) is 6.01. The smallest absolute Gasteiger partial charge is 0.416 e. The maximum atomic E-state index is 13.3. The lowest BCUT2D eigenvalue weighted by Crippen LogP contribution is -2.17. The van der Waals surface area contributed by atoms with Crippen molar-refractivity contribution in [1.82, 2.24) is 5.32 Å². The Balaban J connectivity index is 2.27. The highest BCUT2D eigenvalue weighted by atomic mass is 32.2. The fraction of sp³-hybridized carbons (Fsp3) is 0.238. The molecule has 2 aromatic rings. The van der Waals surface area contributed by atoms with Gasteiger partial charge in [-0.3, -0.25) is 10.2 Å². The second kappa shape index (κ2) is 10.1. The van der Waals surface area contributed by atoms with Crippen molar-refractivity contribution in [3.05, 3.63) is 69.1 Å². The van der Waals surface area contributed by atoms with Gasteiger partial charge in [-0.2, -0.15) is 26.3 Å². The summed E-state index contributed by atoms with van der Waals surface area (Å²) in [4.78, 5) is 11.2. The van der Waals surface area contributed by atoms with Gasteiger partial charge in [0.15, 0.2) is 5.62 Å². The number of aryl methyl sites for hydroxylation is 1. The first-order chi connectivity index (χ1) is 14.9. The van der Waals surface area contributed by atoms with E-state index >= 15 is 0 Å². The number of carbonyl (C=O) groups excluding carboxylic acids is 1. The van der Waals surface area contributed by atoms with Gasteiger partial charge in [-0.15, -0.1) is 0 Å². The molecule has 0 aliphatic heterocycles. The van der Waals surface area contributed by atoms with Crippen molar-refractivity contribution >= 4 is 29.3 Å². The monoisotopic (exact) mass is 476 g/mol. The standard InChI is InChI=1S/C21H18F6N2O2S/c1-12-7-16(6-4-13(12)8-18(32-11-30)19(28)29-2)31-10-14-3-5-15(20(22,23)24)9-17(14)21(25,26)27/h3-9,11H,10H2,1-2H3,(H2,28,29)/b18-8-. The Hall–Kier alpha value is -2.95. The Morgan fingerprint density at radius 3 is 2.31 bits per heavy atom. The van der Waals surface area contributed by atoms with E-state index < -0.39 is 35.6 Å². The SMILES string of the molecule is CNC(=N)/C(=C/c1ccc(OCc2ccc(C(F)(F)F)cc2C(F)(F)F)cc1C)SC=O. The van der Waals surface area contributed by atoms with E-state index in [1.807, 2.05) is 0 Å². The summed E-state index contributed by atoms with van der Waals surface area (Å²) >= 11 is 0.807. The molecule has 2 aromatic carbocycles. The zero-order valence-corrected chi connectivity index (χ0v) is 17.6. The molecule has 2 rings (SSSR count). The van der Waals surface area contributed by atoms with Crippen LogP contribution in [0.25, 0.3) is 6.08 Å². The molecule has 0 aromatic heterocycles. The molecule has 0 atom stereocenters. The highest BCUT2D eigenvalue weighted by Crippen LogP contribution is 2.37. The summed E-state index contributed by atoms with van der Waals surface area (Å²) < 4.78 is 83.5. The molecule has 0 spiro atoms. The van der Waals surface area contributed by atoms with Crippen LogP contribution in [0.15, 0.2) is 41.3 Å². The number of hydrogen-bond donors (Lipinski definition) is 2. The molecule has 0 saturated heterocycles. The molecule has 2 N–H and O–H groups in total. The fourth-order valence-corrected chi connectivity index (χ4v) is 3.20. The third-order valence-electron chi connectivity index (χ3n) is 4.34. The van der Waals surface area contributed by atoms with Gasteiger partial charge in [0.2, 0.25) is 0 Å². The number of amidine groups is 1. The van der Waals surface area contributed by atoms with Crippen molar-refractivity contribution in [3.63, 3.8) is 0 Å². The third kappa shape index (κ3) is 6.52. The predicted molar refractivity (Wildman–Crippen MR) is 111 cm³/mol. The highest BCUT2D eigenvalue weighted by Gasteiger charge is 2.38. The van der Waals surface area contributed by atoms with Crippen LogP contribution in [0.2, 0.25) is 0 Å². The van der Waals surface area contributed by atoms with E-state index in [-0.39, 0.29) is 17.7 Å². The zero-order valence-electron chi connectivity index (χ0n) is 16.8. The third-order valence-corrected chi connectivity index (χ3v) is 5.01. The van der Waals surface area contributed by atoms with Crippen molar-refractivity contribution in [2.45, 2.75) is 25.9 Å². The van der Waals surface area contributed by atoms with Crippen LogP contribution >= 0.6 is 11.8 Å². The Kier molecular flexibility index (Phi) is 8.00. The second-order valence-electron chi connectivity index (χ2n) is 6.52. The summed E-state index contributed by atoms with van der Waals surface area (Å²) in [5, 5.41) is 10.4. The molecule has 0 radical (unpaired) electrons. The molecule has 0 unspecified atom stereocenters. The van der Waals surface area contributed by atoms with Gasteiger partial charge >= 0.3 is 12.4 Å². The molecule has 0 bridgehead atoms. The van der Waals surface area contributed by atoms with E-state index in [9.17, 15) is 31.1 Å². The number of nitrogens with one attached hydrogen (secondary N) is 2. The number of alkyl halides is 6. The van der Waals surface area contributed by atoms with Gasteiger partial charge in [0.1, 0.15) is 18.2 Å². The summed E-state index contributed by atoms with van der Waals surface area (Å²) in [7, 11) is 1.53. The molecule has 0 fully saturated rings. The normalized spacial score (nSPS) is 12.4. The van der Waals surface area contributed by atoms with Gasteiger partial charge in [0, 0.05) is 12.6 Å². The first-order valence-corrected chi connectivity index (χ1v) is 9.84. The van der Waals surface area contributed by atoms with Crippen molar-refractivity contribution in [3.8, 4) is 5.75 Å². The maximum absolute atomic E-state index is 13.3. The summed E-state index contributed by atoms with van der Waals surface area (Å²) in [6.45, 7) is 1.11. The Morgan fingerprint density at radius 1 is 1.09 bits per heavy atom. The van der Waals surface area contributed by atoms with Crippen LogP contribution in [0.5, 0.6) is 5.75 Å². The number of halogens is 6. The van der Waals surface area contributed by atoms with E-state index in [0.29, 0.717) is 27.7 Å². The van der Waals surface area contributed by atoms with Crippen LogP contribution in [-0.4, -0.2) is 18.5 Å². The number of ether oxygens (including phenoxy) is 1. The van der Waals surface area contributed by atoms with Gasteiger partial charge in [-0.25, -0.2) is 0 Å². The lowest BCUT2D eigenvalue weighted by Gasteiger charge is -2.17. The van der Waals surface area contributed by atoms with Crippen molar-refractivity contribution in [1.29, 1.82) is 5.41 Å². The number of rotatable bonds is 7. The van der Waals surface area contributed by atoms with Gasteiger partial charge < -0.3 is 10.1 Å². The van der Waals surface area contributed by atoms with E-state index in [0.717, 1.165) is 17.8 Å². The molecule has 172 valence electrons. The summed E-state index contributed by atoms with van der Waals surface area (Å²) in [5.41, 5.74) is -1.36. The number of hydrogen-bond acceptors (Lipinski definition) is 4. The molecule has 0 saturated carbocycles. The van der Waals surface area contributed by atoms with E-state index in [4.69, 9.17) is 10.1 Å². The highest BCUT2D eigenvalue weighted by molar-refractivity contribution is 8.16. The number of carbonyl (C=O) groups is 1. The van der Waals surface area contributed by atoms with Crippen LogP contribution in [-0.2, 0) is 23.8 Å². The molecule has 32 heavy (non-hydrogen) atoms. The minimum atomic E-state index is -4.98. The van der Waals surface area contributed by atoms with Crippen molar-refractivity contribution in [2.24, 2.45) is 0 Å². The Morgan fingerprint density at radius 2 is 1.78 bits per heavy atom. The summed E-state index contributed by atoms with van der Waals surface area (Å²) in [6.07, 6.45) is -8.28. The topological polar surface area (TPSA) is 62.2 Å². The average Bonchev–Trinajstić information content (AvgIpc) is 2.71. The quantitative estimate of drug-likeness (QED) is 0.220. The molecular formula is C21H18F6N2O2S. The van der Waals surface area contributed by atoms with Gasteiger partial charge in [-0.05, 0) is 48.4 Å². The molecule has 0 aliphatic rings. The van der Waals surface area contributed by atoms with Gasteiger partial charge in [-0.1, -0.05) is 23.9 Å². The zero-order chi connectivity index (χ0) is 24.1. The minimum Gasteiger partial charge on any atom is -0.489 e. The second-order valence-corrected chi connectivity index (χ2v) is 7.39. The number of benzene rings is 2. The minimum absolute atomic E-state index is 0.0313. The van der Waals surface area contributed by atoms with Crippen LogP contribution in [0.3, 0.4) is 0 Å². The maximum Gasteiger partial charge on any atom is 0.416 e. The van der Waals surface area contributed by atoms with E-state index in [1.54, 1.807) is 19.1 Å². The van der Waals surface area contributed by atoms with E-state index in [1.165, 1.54) is 19.2 Å². The lowest BCUT2D eigenvalue weighted by molar-refractivity contribution is -0.143. The molecule has 0 heterocycles. The average molecular weight is 476 g/mol. The molecule has 0 aliphatic carbocycles. The predicted octanol–water partition coefficient (Wildman–Crippen LogP) is 6.07. The first kappa shape index (κ1) is 25.3. The Bertz CT molecular complexity index is 1030. The van der Waals surface area contributed by atoms with E-state index in [2.05, 4.69) is 5.32 Å². The molecule has 0 amide bonds. The van der Waals surface area contributed by atoms with Crippen LogP contribution in [0, 0.1) is 12.3 Å². The largest absolute Gasteiger partial charge is 0.489 e. The first-order valence-electron chi connectivity index (χ1n) is 8.96. The summed E-state index contributed by atoms with van der Waals surface area (Å²) in [5.74, 6) is 0.241. The van der Waals surface area contributed by atoms with Crippen molar-refractivity contribution < 1.29 is 35.9 Å². The van der Waals surface area contributed by atoms with Gasteiger partial charge in [0.05, 0.1) is 16.0 Å². The van der Waals surface area contributed by atoms with Gasteiger partial charge in [0.25, 0.3) is 0 Å². The molecule has 4 nitrogen and oxygen atoms in total. The van der Waals surface area contributed by atoms with Crippen LogP contribution < -0.4 is 10.1 Å². The molecular weight excluding hydrogens is 458 g/mol. The fourth-order valence-electron chi connectivity index (χ4n) is 2.68. The lowest BCUT2D eigenvalue weighted by atomic mass is 10.0. The molecule has 11 heteroatoms. The number of likely N-dealkylation sites (N-methyl/N-ethyl adjacent to an activating group) is 1. The number of thioether (sulfide) groups is 1. The van der Waals surface area contributed by atoms with Crippen LogP contribution in [0.1, 0.15) is 27.8 Å². The van der Waals surface area contributed by atoms with Crippen molar-refractivity contribution in [2.75, 3.05) is 7.05 Å². The van der Waals surface area contributed by atoms with Crippen LogP contribution in [0.4, 0.5) is 26.3 Å².